The van der Waals surface area contributed by atoms with Crippen LogP contribution in [0.2, 0.25) is 0 Å². The predicted molar refractivity (Wildman–Crippen MR) is 99.8 cm³/mol. The molecule has 144 valence electrons. The molecule has 0 aliphatic carbocycles. The largest absolute Gasteiger partial charge is 0.493 e. The van der Waals surface area contributed by atoms with E-state index in [1.807, 2.05) is 6.92 Å². The van der Waals surface area contributed by atoms with E-state index in [4.69, 9.17) is 9.47 Å². The number of benzene rings is 2. The summed E-state index contributed by atoms with van der Waals surface area (Å²) in [7, 11) is 0. The van der Waals surface area contributed by atoms with Crippen molar-refractivity contribution >= 4 is 22.8 Å². The van der Waals surface area contributed by atoms with Crippen LogP contribution >= 0.6 is 0 Å². The molecule has 3 aromatic rings. The van der Waals surface area contributed by atoms with Gasteiger partial charge in [-0.2, -0.15) is 4.68 Å². The van der Waals surface area contributed by atoms with Crippen molar-refractivity contribution in [3.63, 3.8) is 0 Å². The van der Waals surface area contributed by atoms with E-state index in [1.165, 1.54) is 0 Å². The summed E-state index contributed by atoms with van der Waals surface area (Å²) in [6, 6.07) is 13.4. The number of hydrogen-bond donors (Lipinski definition) is 1. The SMILES string of the molecule is CCOc1ccccc1C(=O)NCC(=O)OCn1nnc2ccccc2c1=O. The summed E-state index contributed by atoms with van der Waals surface area (Å²) in [5.41, 5.74) is 0.345. The van der Waals surface area contributed by atoms with Crippen molar-refractivity contribution in [2.45, 2.75) is 13.7 Å². The second-order valence-electron chi connectivity index (χ2n) is 5.67. The molecule has 1 N–H and O–H groups in total. The minimum absolute atomic E-state index is 0.314. The second kappa shape index (κ2) is 8.76. The van der Waals surface area contributed by atoms with Gasteiger partial charge in [-0.3, -0.25) is 14.4 Å². The Morgan fingerprint density at radius 2 is 1.86 bits per heavy atom. The van der Waals surface area contributed by atoms with Crippen LogP contribution in [0.25, 0.3) is 10.9 Å². The molecular weight excluding hydrogens is 364 g/mol. The van der Waals surface area contributed by atoms with Gasteiger partial charge in [0.1, 0.15) is 17.8 Å². The number of amides is 1. The minimum Gasteiger partial charge on any atom is -0.493 e. The molecule has 9 heteroatoms. The number of fused-ring (bicyclic) bond motifs is 1. The standard InChI is InChI=1S/C19H18N4O5/c1-2-27-16-10-6-4-8-14(16)18(25)20-11-17(24)28-12-23-19(26)13-7-3-5-9-15(13)21-22-23/h3-10H,2,11-12H2,1H3,(H,20,25). The van der Waals surface area contributed by atoms with Crippen molar-refractivity contribution in [3.8, 4) is 5.75 Å². The van der Waals surface area contributed by atoms with Crippen LogP contribution < -0.4 is 15.6 Å². The van der Waals surface area contributed by atoms with Gasteiger partial charge < -0.3 is 14.8 Å². The van der Waals surface area contributed by atoms with Crippen molar-refractivity contribution in [2.24, 2.45) is 0 Å². The lowest BCUT2D eigenvalue weighted by Gasteiger charge is -2.10. The molecule has 0 atom stereocenters. The molecule has 0 saturated carbocycles. The highest BCUT2D eigenvalue weighted by atomic mass is 16.5. The quantitative estimate of drug-likeness (QED) is 0.609. The van der Waals surface area contributed by atoms with Crippen LogP contribution in [0, 0.1) is 0 Å². The maximum Gasteiger partial charge on any atom is 0.327 e. The molecule has 0 saturated heterocycles. The number of nitrogens with one attached hydrogen (secondary N) is 1. The van der Waals surface area contributed by atoms with Crippen LogP contribution in [0.3, 0.4) is 0 Å². The van der Waals surface area contributed by atoms with E-state index in [-0.39, 0.29) is 6.54 Å². The Morgan fingerprint density at radius 3 is 2.68 bits per heavy atom. The van der Waals surface area contributed by atoms with Gasteiger partial charge in [-0.1, -0.05) is 29.5 Å². The predicted octanol–water partition coefficient (Wildman–Crippen LogP) is 1.12. The fraction of sp³-hybridized carbons (Fsp3) is 0.211. The third-order valence-electron chi connectivity index (χ3n) is 3.80. The molecule has 0 bridgehead atoms. The maximum atomic E-state index is 12.3. The zero-order valence-corrected chi connectivity index (χ0v) is 15.1. The summed E-state index contributed by atoms with van der Waals surface area (Å²) in [4.78, 5) is 36.4. The van der Waals surface area contributed by atoms with E-state index in [1.54, 1.807) is 48.5 Å². The Kier molecular flexibility index (Phi) is 5.95. The van der Waals surface area contributed by atoms with Crippen molar-refractivity contribution < 1.29 is 19.1 Å². The zero-order chi connectivity index (χ0) is 19.9. The zero-order valence-electron chi connectivity index (χ0n) is 15.1. The highest BCUT2D eigenvalue weighted by molar-refractivity contribution is 5.98. The number of carbonyl (C=O) groups excluding carboxylic acids is 2. The summed E-state index contributed by atoms with van der Waals surface area (Å²) in [6.07, 6.45) is 0. The highest BCUT2D eigenvalue weighted by Crippen LogP contribution is 2.17. The Bertz CT molecular complexity index is 1060. The van der Waals surface area contributed by atoms with Gasteiger partial charge in [-0.25, -0.2) is 0 Å². The Hall–Kier alpha value is -3.75. The monoisotopic (exact) mass is 382 g/mol. The molecule has 9 nitrogen and oxygen atoms in total. The van der Waals surface area contributed by atoms with E-state index < -0.39 is 24.2 Å². The maximum absolute atomic E-state index is 12.3. The Labute approximate surface area is 159 Å². The van der Waals surface area contributed by atoms with Crippen molar-refractivity contribution in [1.29, 1.82) is 0 Å². The summed E-state index contributed by atoms with van der Waals surface area (Å²) in [5.74, 6) is -0.762. The fourth-order valence-electron chi connectivity index (χ4n) is 2.48. The number of ether oxygens (including phenoxy) is 2. The molecule has 3 rings (SSSR count). The van der Waals surface area contributed by atoms with Gasteiger partial charge in [0.25, 0.3) is 11.5 Å². The molecule has 0 radical (unpaired) electrons. The van der Waals surface area contributed by atoms with Crippen LogP contribution in [-0.4, -0.2) is 40.0 Å². The van der Waals surface area contributed by atoms with E-state index in [2.05, 4.69) is 15.6 Å². The van der Waals surface area contributed by atoms with Crippen molar-refractivity contribution in [1.82, 2.24) is 20.3 Å². The summed E-state index contributed by atoms with van der Waals surface area (Å²) >= 11 is 0. The molecule has 0 aliphatic heterocycles. The third kappa shape index (κ3) is 4.32. The molecule has 1 amide bonds. The molecule has 0 fully saturated rings. The molecule has 0 spiro atoms. The van der Waals surface area contributed by atoms with Gasteiger partial charge in [-0.15, -0.1) is 5.10 Å². The summed E-state index contributed by atoms with van der Waals surface area (Å²) < 4.78 is 11.3. The van der Waals surface area contributed by atoms with E-state index >= 15 is 0 Å². The number of rotatable bonds is 7. The first-order chi connectivity index (χ1) is 13.6. The fourth-order valence-corrected chi connectivity index (χ4v) is 2.48. The number of nitrogens with zero attached hydrogens (tertiary/aromatic N) is 3. The van der Waals surface area contributed by atoms with Gasteiger partial charge >= 0.3 is 5.97 Å². The number of para-hydroxylation sites is 1. The topological polar surface area (TPSA) is 112 Å². The number of hydrogen-bond acceptors (Lipinski definition) is 7. The van der Waals surface area contributed by atoms with Gasteiger partial charge in [0.05, 0.1) is 17.6 Å². The average Bonchev–Trinajstić information content (AvgIpc) is 2.72. The molecule has 28 heavy (non-hydrogen) atoms. The average molecular weight is 382 g/mol. The second-order valence-corrected chi connectivity index (χ2v) is 5.67. The number of carbonyl (C=O) groups is 2. The first-order valence-corrected chi connectivity index (χ1v) is 8.58. The van der Waals surface area contributed by atoms with Crippen LogP contribution in [-0.2, 0) is 16.3 Å². The van der Waals surface area contributed by atoms with Crippen molar-refractivity contribution in [3.05, 3.63) is 64.4 Å². The Balaban J connectivity index is 1.57. The lowest BCUT2D eigenvalue weighted by atomic mass is 10.2. The normalized spacial score (nSPS) is 10.5. The molecule has 2 aromatic carbocycles. The van der Waals surface area contributed by atoms with Gasteiger partial charge in [0.2, 0.25) is 0 Å². The van der Waals surface area contributed by atoms with E-state index in [0.29, 0.717) is 28.8 Å². The lowest BCUT2D eigenvalue weighted by Crippen LogP contribution is -2.33. The summed E-state index contributed by atoms with van der Waals surface area (Å²) in [5, 5.41) is 10.5. The van der Waals surface area contributed by atoms with Crippen molar-refractivity contribution in [2.75, 3.05) is 13.2 Å². The van der Waals surface area contributed by atoms with Gasteiger partial charge in [-0.05, 0) is 31.2 Å². The summed E-state index contributed by atoms with van der Waals surface area (Å²) in [6.45, 7) is 1.45. The Morgan fingerprint density at radius 1 is 1.11 bits per heavy atom. The van der Waals surface area contributed by atoms with Crippen LogP contribution in [0.15, 0.2) is 53.3 Å². The number of esters is 1. The number of aromatic nitrogens is 3. The molecule has 0 unspecified atom stereocenters. The smallest absolute Gasteiger partial charge is 0.327 e. The molecule has 0 aliphatic rings. The van der Waals surface area contributed by atoms with Crippen LogP contribution in [0.1, 0.15) is 17.3 Å². The van der Waals surface area contributed by atoms with Crippen LogP contribution in [0.5, 0.6) is 5.75 Å². The molecule has 1 aromatic heterocycles. The van der Waals surface area contributed by atoms with Crippen LogP contribution in [0.4, 0.5) is 0 Å². The first-order valence-electron chi connectivity index (χ1n) is 8.58. The van der Waals surface area contributed by atoms with Gasteiger partial charge in [0.15, 0.2) is 6.73 Å². The minimum atomic E-state index is -0.718. The van der Waals surface area contributed by atoms with E-state index in [0.717, 1.165) is 4.68 Å². The third-order valence-corrected chi connectivity index (χ3v) is 3.80. The van der Waals surface area contributed by atoms with Gasteiger partial charge in [0, 0.05) is 0 Å². The van der Waals surface area contributed by atoms with E-state index in [9.17, 15) is 14.4 Å². The first kappa shape index (κ1) is 19.0. The molecular formula is C19H18N4O5. The molecule has 1 heterocycles. The highest BCUT2D eigenvalue weighted by Gasteiger charge is 2.14. The lowest BCUT2D eigenvalue weighted by molar-refractivity contribution is -0.146.